The van der Waals surface area contributed by atoms with Crippen LogP contribution in [-0.4, -0.2) is 43.6 Å². The first-order valence-electron chi connectivity index (χ1n) is 8.78. The molecule has 9 heteroatoms. The summed E-state index contributed by atoms with van der Waals surface area (Å²) in [6.07, 6.45) is 0.689. The number of nitrogens with two attached hydrogens (primary N) is 1. The Morgan fingerprint density at radius 3 is 2.73 bits per heavy atom. The van der Waals surface area contributed by atoms with Crippen LogP contribution in [0.25, 0.3) is 10.2 Å². The summed E-state index contributed by atoms with van der Waals surface area (Å²) in [5.41, 5.74) is 6.94. The number of hydrogen-bond acceptors (Lipinski definition) is 8. The normalized spacial score (nSPS) is 11.4. The third-order valence-corrected chi connectivity index (χ3v) is 6.36. The molecule has 3 N–H and O–H groups in total. The monoisotopic (exact) mass is 391 g/mol. The number of hydrogen-bond donors (Lipinski definition) is 2. The number of anilines is 1. The molecule has 0 radical (unpaired) electrons. The first kappa shape index (κ1) is 19.1. The zero-order valence-electron chi connectivity index (χ0n) is 15.7. The van der Waals surface area contributed by atoms with Crippen molar-refractivity contribution in [2.24, 2.45) is 5.73 Å². The Bertz CT molecular complexity index is 900. The summed E-state index contributed by atoms with van der Waals surface area (Å²) >= 11 is 3.42. The highest BCUT2D eigenvalue weighted by atomic mass is 32.2. The summed E-state index contributed by atoms with van der Waals surface area (Å²) in [6.45, 7) is 10.6. The van der Waals surface area contributed by atoms with Crippen LogP contribution in [0.5, 0.6) is 0 Å². The van der Waals surface area contributed by atoms with Crippen LogP contribution in [0.1, 0.15) is 29.0 Å². The minimum atomic E-state index is 0.552. The second-order valence-electron chi connectivity index (χ2n) is 6.04. The van der Waals surface area contributed by atoms with E-state index in [0.717, 1.165) is 51.7 Å². The summed E-state index contributed by atoms with van der Waals surface area (Å²) < 4.78 is 2.12. The Morgan fingerprint density at radius 1 is 1.19 bits per heavy atom. The fourth-order valence-electron chi connectivity index (χ4n) is 2.81. The van der Waals surface area contributed by atoms with E-state index >= 15 is 0 Å². The van der Waals surface area contributed by atoms with Gasteiger partial charge in [0.2, 0.25) is 0 Å². The molecule has 0 unspecified atom stereocenters. The number of aromatic nitrogens is 5. The van der Waals surface area contributed by atoms with Gasteiger partial charge in [-0.2, -0.15) is 0 Å². The van der Waals surface area contributed by atoms with Crippen molar-refractivity contribution in [2.75, 3.05) is 24.2 Å². The molecule has 140 valence electrons. The largest absolute Gasteiger partial charge is 0.369 e. The molecule has 0 saturated heterocycles. The molecule has 0 aromatic carbocycles. The average molecular weight is 392 g/mol. The first-order chi connectivity index (χ1) is 12.5. The number of rotatable bonds is 8. The predicted molar refractivity (Wildman–Crippen MR) is 109 cm³/mol. The van der Waals surface area contributed by atoms with Crippen molar-refractivity contribution < 1.29 is 0 Å². The maximum atomic E-state index is 5.69. The Labute approximate surface area is 161 Å². The van der Waals surface area contributed by atoms with Crippen LogP contribution in [0.4, 0.5) is 5.82 Å². The van der Waals surface area contributed by atoms with Gasteiger partial charge in [-0.3, -0.25) is 0 Å². The van der Waals surface area contributed by atoms with E-state index in [1.807, 2.05) is 6.92 Å². The molecule has 0 bridgehead atoms. The minimum absolute atomic E-state index is 0.552. The number of fused-ring (bicyclic) bond motifs is 1. The van der Waals surface area contributed by atoms with Gasteiger partial charge in [-0.1, -0.05) is 11.8 Å². The van der Waals surface area contributed by atoms with Gasteiger partial charge < -0.3 is 15.6 Å². The maximum Gasteiger partial charge on any atom is 0.191 e. The van der Waals surface area contributed by atoms with Gasteiger partial charge in [-0.15, -0.1) is 21.5 Å². The molecule has 0 atom stereocenters. The molecule has 0 aliphatic heterocycles. The van der Waals surface area contributed by atoms with Gasteiger partial charge in [0.1, 0.15) is 22.3 Å². The molecule has 7 nitrogen and oxygen atoms in total. The molecule has 26 heavy (non-hydrogen) atoms. The molecule has 3 aromatic heterocycles. The van der Waals surface area contributed by atoms with Crippen molar-refractivity contribution in [3.63, 3.8) is 0 Å². The zero-order chi connectivity index (χ0) is 18.7. The van der Waals surface area contributed by atoms with E-state index in [2.05, 4.69) is 45.8 Å². The van der Waals surface area contributed by atoms with E-state index in [9.17, 15) is 0 Å². The van der Waals surface area contributed by atoms with Crippen LogP contribution < -0.4 is 11.1 Å². The highest BCUT2D eigenvalue weighted by molar-refractivity contribution is 7.99. The third-order valence-electron chi connectivity index (χ3n) is 4.29. The van der Waals surface area contributed by atoms with Gasteiger partial charge in [-0.05, 0) is 39.8 Å². The van der Waals surface area contributed by atoms with Crippen LogP contribution >= 0.6 is 23.1 Å². The SMILES string of the molecule is CCn1c(C)nnc1SCCNc1nc(CCN)nc2sc(C)c(C)c12. The molecule has 0 spiro atoms. The summed E-state index contributed by atoms with van der Waals surface area (Å²) in [6, 6.07) is 0. The molecule has 0 fully saturated rings. The quantitative estimate of drug-likeness (QED) is 0.450. The Kier molecular flexibility index (Phi) is 6.10. The summed E-state index contributed by atoms with van der Waals surface area (Å²) in [5.74, 6) is 3.56. The van der Waals surface area contributed by atoms with Crippen LogP contribution in [0.3, 0.4) is 0 Å². The molecule has 3 rings (SSSR count). The topological polar surface area (TPSA) is 94.5 Å². The molecule has 0 aliphatic rings. The highest BCUT2D eigenvalue weighted by Gasteiger charge is 2.14. The Hall–Kier alpha value is -1.71. The number of nitrogens with zero attached hydrogens (tertiary/aromatic N) is 5. The zero-order valence-corrected chi connectivity index (χ0v) is 17.3. The average Bonchev–Trinajstić information content (AvgIpc) is 3.11. The van der Waals surface area contributed by atoms with E-state index in [0.29, 0.717) is 13.0 Å². The highest BCUT2D eigenvalue weighted by Crippen LogP contribution is 2.33. The van der Waals surface area contributed by atoms with Crippen molar-refractivity contribution in [1.82, 2.24) is 24.7 Å². The smallest absolute Gasteiger partial charge is 0.191 e. The molecule has 0 saturated carbocycles. The fourth-order valence-corrected chi connectivity index (χ4v) is 4.76. The van der Waals surface area contributed by atoms with Gasteiger partial charge in [-0.25, -0.2) is 9.97 Å². The lowest BCUT2D eigenvalue weighted by atomic mass is 10.2. The minimum Gasteiger partial charge on any atom is -0.369 e. The maximum absolute atomic E-state index is 5.69. The lowest BCUT2D eigenvalue weighted by Gasteiger charge is -2.10. The van der Waals surface area contributed by atoms with Crippen molar-refractivity contribution in [1.29, 1.82) is 0 Å². The molecule has 0 amide bonds. The molecular formula is C17H25N7S2. The lowest BCUT2D eigenvalue weighted by molar-refractivity contribution is 0.662. The van der Waals surface area contributed by atoms with Crippen molar-refractivity contribution in [3.05, 3.63) is 22.1 Å². The summed E-state index contributed by atoms with van der Waals surface area (Å²) in [5, 5.41) is 14.0. The van der Waals surface area contributed by atoms with E-state index in [-0.39, 0.29) is 0 Å². The molecular weight excluding hydrogens is 366 g/mol. The number of aryl methyl sites for hydroxylation is 3. The van der Waals surface area contributed by atoms with Crippen LogP contribution in [0, 0.1) is 20.8 Å². The van der Waals surface area contributed by atoms with Crippen LogP contribution in [-0.2, 0) is 13.0 Å². The van der Waals surface area contributed by atoms with E-state index in [1.54, 1.807) is 23.1 Å². The summed E-state index contributed by atoms with van der Waals surface area (Å²) in [4.78, 5) is 11.7. The van der Waals surface area contributed by atoms with Crippen LogP contribution in [0.15, 0.2) is 5.16 Å². The molecule has 0 aliphatic carbocycles. The van der Waals surface area contributed by atoms with Gasteiger partial charge in [0.05, 0.1) is 5.39 Å². The van der Waals surface area contributed by atoms with Crippen molar-refractivity contribution in [2.45, 2.75) is 45.8 Å². The van der Waals surface area contributed by atoms with E-state index in [4.69, 9.17) is 10.7 Å². The number of nitrogens with one attached hydrogen (secondary N) is 1. The van der Waals surface area contributed by atoms with Gasteiger partial charge >= 0.3 is 0 Å². The Balaban J connectivity index is 1.73. The predicted octanol–water partition coefficient (Wildman–Crippen LogP) is 2.93. The lowest BCUT2D eigenvalue weighted by Crippen LogP contribution is -2.11. The van der Waals surface area contributed by atoms with Crippen molar-refractivity contribution in [3.8, 4) is 0 Å². The van der Waals surface area contributed by atoms with Crippen molar-refractivity contribution >= 4 is 39.1 Å². The van der Waals surface area contributed by atoms with Gasteiger partial charge in [0.25, 0.3) is 0 Å². The first-order valence-corrected chi connectivity index (χ1v) is 10.6. The van der Waals surface area contributed by atoms with E-state index in [1.165, 1.54) is 10.4 Å². The molecule has 3 heterocycles. The molecule has 3 aromatic rings. The number of thiophene rings is 1. The van der Waals surface area contributed by atoms with Gasteiger partial charge in [0.15, 0.2) is 5.16 Å². The number of thioether (sulfide) groups is 1. The Morgan fingerprint density at radius 2 is 2.00 bits per heavy atom. The second-order valence-corrected chi connectivity index (χ2v) is 8.31. The summed E-state index contributed by atoms with van der Waals surface area (Å²) in [7, 11) is 0. The third kappa shape index (κ3) is 3.84. The van der Waals surface area contributed by atoms with Gasteiger partial charge in [0, 0.05) is 30.1 Å². The fraction of sp³-hybridized carbons (Fsp3) is 0.529. The van der Waals surface area contributed by atoms with E-state index < -0.39 is 0 Å². The van der Waals surface area contributed by atoms with Crippen LogP contribution in [0.2, 0.25) is 0 Å². The standard InChI is InChI=1S/C17H25N7S2/c1-5-24-12(4)22-23-17(24)25-9-8-19-15-14-10(2)11(3)26-16(14)21-13(20-15)6-7-18/h5-9,18H2,1-4H3,(H,19,20,21). The second kappa shape index (κ2) is 8.32.